The molecule has 14 heavy (non-hydrogen) atoms. The molecule has 1 rings (SSSR count). The highest BCUT2D eigenvalue weighted by Gasteiger charge is 2.15. The van der Waals surface area contributed by atoms with Crippen LogP contribution in [0.25, 0.3) is 0 Å². The van der Waals surface area contributed by atoms with E-state index >= 15 is 0 Å². The second-order valence-corrected chi connectivity index (χ2v) is 3.54. The number of carbonyl (C=O) groups is 1. The first kappa shape index (κ1) is 10.9. The molecule has 0 aliphatic heterocycles. The Morgan fingerprint density at radius 3 is 2.64 bits per heavy atom. The van der Waals surface area contributed by atoms with Crippen LogP contribution in [0, 0.1) is 0 Å². The van der Waals surface area contributed by atoms with E-state index in [1.54, 1.807) is 13.0 Å². The lowest BCUT2D eigenvalue weighted by Crippen LogP contribution is -1.95. The smallest absolute Gasteiger partial charge is 0.176 e. The zero-order valence-electron chi connectivity index (χ0n) is 7.70. The maximum atomic E-state index is 10.3. The molecule has 0 amide bonds. The molecule has 0 saturated carbocycles. The summed E-state index contributed by atoms with van der Waals surface area (Å²) in [4.78, 5) is 10.3. The van der Waals surface area contributed by atoms with Crippen molar-refractivity contribution >= 4 is 17.9 Å². The van der Waals surface area contributed by atoms with Gasteiger partial charge in [0.1, 0.15) is 6.29 Å². The van der Waals surface area contributed by atoms with E-state index in [1.165, 1.54) is 6.07 Å². The van der Waals surface area contributed by atoms with Gasteiger partial charge in [0.05, 0.1) is 5.02 Å². The minimum Gasteiger partial charge on any atom is -0.504 e. The van der Waals surface area contributed by atoms with Gasteiger partial charge >= 0.3 is 0 Å². The summed E-state index contributed by atoms with van der Waals surface area (Å²) < 4.78 is 0. The molecule has 0 radical (unpaired) electrons. The van der Waals surface area contributed by atoms with E-state index in [0.717, 1.165) is 6.29 Å². The Morgan fingerprint density at radius 2 is 2.07 bits per heavy atom. The number of aldehydes is 1. The minimum atomic E-state index is -0.332. The third-order valence-electron chi connectivity index (χ3n) is 2.11. The van der Waals surface area contributed by atoms with Crippen LogP contribution in [0.15, 0.2) is 12.1 Å². The summed E-state index contributed by atoms with van der Waals surface area (Å²) in [6.07, 6.45) is 1.07. The Labute approximate surface area is 86.9 Å². The molecule has 0 saturated heterocycles. The van der Waals surface area contributed by atoms with Crippen LogP contribution in [0.3, 0.4) is 0 Å². The van der Waals surface area contributed by atoms with Gasteiger partial charge in [0.25, 0.3) is 0 Å². The van der Waals surface area contributed by atoms with Gasteiger partial charge in [-0.25, -0.2) is 0 Å². The number of rotatable bonds is 3. The quantitative estimate of drug-likeness (QED) is 0.600. The van der Waals surface area contributed by atoms with Crippen LogP contribution < -0.4 is 0 Å². The summed E-state index contributed by atoms with van der Waals surface area (Å²) >= 11 is 5.59. The molecule has 0 fully saturated rings. The van der Waals surface area contributed by atoms with Gasteiger partial charge in [-0.05, 0) is 12.0 Å². The van der Waals surface area contributed by atoms with Gasteiger partial charge in [-0.15, -0.1) is 0 Å². The monoisotopic (exact) mass is 214 g/mol. The number of aromatic hydroxyl groups is 2. The average molecular weight is 215 g/mol. The predicted molar refractivity (Wildman–Crippen MR) is 53.9 cm³/mol. The first-order valence-corrected chi connectivity index (χ1v) is 4.59. The third-order valence-corrected chi connectivity index (χ3v) is 2.42. The molecule has 0 bridgehead atoms. The highest BCUT2D eigenvalue weighted by atomic mass is 35.5. The Morgan fingerprint density at radius 1 is 1.43 bits per heavy atom. The highest BCUT2D eigenvalue weighted by Crippen LogP contribution is 2.39. The Hall–Kier alpha value is -1.22. The van der Waals surface area contributed by atoms with Gasteiger partial charge < -0.3 is 15.0 Å². The standard InChI is InChI=1S/C10H11ClO3/c1-6(4-5-12)7-2-3-8(11)10(14)9(7)13/h2-3,5-6,13-14H,4H2,1H3. The molecule has 0 aliphatic carbocycles. The highest BCUT2D eigenvalue weighted by molar-refractivity contribution is 6.32. The second-order valence-electron chi connectivity index (χ2n) is 3.14. The van der Waals surface area contributed by atoms with Crippen LogP contribution in [0.4, 0.5) is 0 Å². The van der Waals surface area contributed by atoms with Crippen LogP contribution in [-0.2, 0) is 4.79 Å². The average Bonchev–Trinajstić information content (AvgIpc) is 2.15. The van der Waals surface area contributed by atoms with Gasteiger partial charge in [0.2, 0.25) is 0 Å². The van der Waals surface area contributed by atoms with Gasteiger partial charge in [-0.1, -0.05) is 24.6 Å². The summed E-state index contributed by atoms with van der Waals surface area (Å²) in [7, 11) is 0. The molecule has 2 N–H and O–H groups in total. The van der Waals surface area contributed by atoms with Crippen molar-refractivity contribution in [2.45, 2.75) is 19.3 Å². The SMILES string of the molecule is CC(CC=O)c1ccc(Cl)c(O)c1O. The molecule has 0 aromatic heterocycles. The molecule has 0 heterocycles. The van der Waals surface area contributed by atoms with Gasteiger partial charge in [-0.3, -0.25) is 0 Å². The lowest BCUT2D eigenvalue weighted by molar-refractivity contribution is -0.108. The van der Waals surface area contributed by atoms with Crippen molar-refractivity contribution in [2.75, 3.05) is 0 Å². The summed E-state index contributed by atoms with van der Waals surface area (Å²) in [5.41, 5.74) is 0.527. The summed E-state index contributed by atoms with van der Waals surface area (Å²) in [5.74, 6) is -0.704. The van der Waals surface area contributed by atoms with E-state index < -0.39 is 0 Å². The van der Waals surface area contributed by atoms with Crippen molar-refractivity contribution in [3.8, 4) is 11.5 Å². The van der Waals surface area contributed by atoms with Crippen LogP contribution in [0.1, 0.15) is 24.8 Å². The number of hydrogen-bond donors (Lipinski definition) is 2. The molecule has 0 spiro atoms. The normalized spacial score (nSPS) is 12.4. The summed E-state index contributed by atoms with van der Waals surface area (Å²) in [5, 5.41) is 19.0. The zero-order valence-corrected chi connectivity index (χ0v) is 8.45. The molecular weight excluding hydrogens is 204 g/mol. The molecular formula is C10H11ClO3. The van der Waals surface area contributed by atoms with E-state index in [-0.39, 0.29) is 22.4 Å². The largest absolute Gasteiger partial charge is 0.504 e. The Kier molecular flexibility index (Phi) is 3.36. The Balaban J connectivity index is 3.10. The first-order chi connectivity index (χ1) is 6.57. The third kappa shape index (κ3) is 1.99. The van der Waals surface area contributed by atoms with Crippen LogP contribution in [0.5, 0.6) is 11.5 Å². The molecule has 1 unspecified atom stereocenters. The van der Waals surface area contributed by atoms with E-state index in [4.69, 9.17) is 11.6 Å². The summed E-state index contributed by atoms with van der Waals surface area (Å²) in [6.45, 7) is 1.79. The van der Waals surface area contributed by atoms with Crippen LogP contribution >= 0.6 is 11.6 Å². The van der Waals surface area contributed by atoms with E-state index in [1.807, 2.05) is 0 Å². The van der Waals surface area contributed by atoms with Crippen molar-refractivity contribution < 1.29 is 15.0 Å². The van der Waals surface area contributed by atoms with Crippen molar-refractivity contribution in [1.82, 2.24) is 0 Å². The number of phenolic OH excluding ortho intramolecular Hbond substituents is 2. The maximum Gasteiger partial charge on any atom is 0.176 e. The molecule has 76 valence electrons. The van der Waals surface area contributed by atoms with Crippen molar-refractivity contribution in [1.29, 1.82) is 0 Å². The fourth-order valence-corrected chi connectivity index (χ4v) is 1.39. The van der Waals surface area contributed by atoms with Crippen molar-refractivity contribution in [2.24, 2.45) is 0 Å². The zero-order chi connectivity index (χ0) is 10.7. The van der Waals surface area contributed by atoms with E-state index in [9.17, 15) is 15.0 Å². The van der Waals surface area contributed by atoms with Crippen LogP contribution in [0.2, 0.25) is 5.02 Å². The van der Waals surface area contributed by atoms with Crippen molar-refractivity contribution in [3.63, 3.8) is 0 Å². The fourth-order valence-electron chi connectivity index (χ4n) is 1.24. The van der Waals surface area contributed by atoms with E-state index in [0.29, 0.717) is 12.0 Å². The number of carbonyl (C=O) groups excluding carboxylic acids is 1. The van der Waals surface area contributed by atoms with Gasteiger partial charge in [-0.2, -0.15) is 0 Å². The molecule has 1 aromatic carbocycles. The number of halogens is 1. The lowest BCUT2D eigenvalue weighted by atomic mass is 9.97. The molecule has 1 atom stereocenters. The minimum absolute atomic E-state index is 0.101. The number of hydrogen-bond acceptors (Lipinski definition) is 3. The van der Waals surface area contributed by atoms with Gasteiger partial charge in [0.15, 0.2) is 11.5 Å². The Bertz CT molecular complexity index is 349. The first-order valence-electron chi connectivity index (χ1n) is 4.22. The van der Waals surface area contributed by atoms with Gasteiger partial charge in [0, 0.05) is 12.0 Å². The summed E-state index contributed by atoms with van der Waals surface area (Å²) in [6, 6.07) is 3.10. The van der Waals surface area contributed by atoms with E-state index in [2.05, 4.69) is 0 Å². The molecule has 1 aromatic rings. The predicted octanol–water partition coefficient (Wildman–Crippen LogP) is 2.44. The maximum absolute atomic E-state index is 10.3. The molecule has 0 aliphatic rings. The van der Waals surface area contributed by atoms with Crippen molar-refractivity contribution in [3.05, 3.63) is 22.7 Å². The molecule has 4 heteroatoms. The number of phenols is 2. The van der Waals surface area contributed by atoms with Crippen LogP contribution in [-0.4, -0.2) is 16.5 Å². The number of benzene rings is 1. The second kappa shape index (κ2) is 4.33. The lowest BCUT2D eigenvalue weighted by Gasteiger charge is -2.11. The topological polar surface area (TPSA) is 57.5 Å². The fraction of sp³-hybridized carbons (Fsp3) is 0.300. The molecule has 3 nitrogen and oxygen atoms in total.